The number of carboxylic acid groups (broad SMARTS) is 1. The van der Waals surface area contributed by atoms with E-state index in [9.17, 15) is 14.7 Å². The maximum atomic E-state index is 12.1. The molecular weight excluding hydrogens is 358 g/mol. The van der Waals surface area contributed by atoms with Gasteiger partial charge < -0.3 is 14.9 Å². The lowest BCUT2D eigenvalue weighted by Gasteiger charge is -2.13. The summed E-state index contributed by atoms with van der Waals surface area (Å²) >= 11 is 0. The molecule has 1 atom stereocenters. The van der Waals surface area contributed by atoms with E-state index in [-0.39, 0.29) is 18.9 Å². The topological polar surface area (TPSA) is 105 Å². The molecule has 1 saturated carbocycles. The van der Waals surface area contributed by atoms with E-state index in [1.54, 1.807) is 0 Å². The molecule has 7 nitrogen and oxygen atoms in total. The Hall–Kier alpha value is -2.70. The second-order valence-corrected chi connectivity index (χ2v) is 7.56. The standard InChI is InChI=1S/C21H27N3O4/c1-14-5-4-6-15(11-14)12-17(21(26)27)13-22-18(25)9-10-19-23-20(24-28-19)16-7-2-3-8-16/h4-6,11,16-17H,2-3,7-10,12-13H2,1H3,(H,22,25)(H,26,27). The van der Waals surface area contributed by atoms with E-state index in [0.29, 0.717) is 24.7 Å². The zero-order chi connectivity index (χ0) is 19.9. The minimum atomic E-state index is -0.917. The van der Waals surface area contributed by atoms with Crippen LogP contribution in [-0.2, 0) is 22.4 Å². The fraction of sp³-hybridized carbons (Fsp3) is 0.524. The van der Waals surface area contributed by atoms with Gasteiger partial charge in [-0.1, -0.05) is 47.8 Å². The Morgan fingerprint density at radius 2 is 2.11 bits per heavy atom. The zero-order valence-electron chi connectivity index (χ0n) is 16.2. The first-order chi connectivity index (χ1) is 13.5. The summed E-state index contributed by atoms with van der Waals surface area (Å²) in [5.74, 6) is -0.202. The second kappa shape index (κ2) is 9.48. The molecule has 28 heavy (non-hydrogen) atoms. The van der Waals surface area contributed by atoms with Crippen molar-refractivity contribution in [3.63, 3.8) is 0 Å². The lowest BCUT2D eigenvalue weighted by atomic mass is 9.98. The summed E-state index contributed by atoms with van der Waals surface area (Å²) < 4.78 is 5.25. The Labute approximate surface area is 164 Å². The van der Waals surface area contributed by atoms with Gasteiger partial charge in [-0.25, -0.2) is 0 Å². The predicted molar refractivity (Wildman–Crippen MR) is 103 cm³/mol. The van der Waals surface area contributed by atoms with Gasteiger partial charge in [-0.05, 0) is 31.7 Å². The summed E-state index contributed by atoms with van der Waals surface area (Å²) in [6.07, 6.45) is 5.53. The van der Waals surface area contributed by atoms with Gasteiger partial charge in [0, 0.05) is 25.3 Å². The van der Waals surface area contributed by atoms with E-state index in [2.05, 4.69) is 15.5 Å². The average Bonchev–Trinajstić information content (AvgIpc) is 3.34. The number of aromatic nitrogens is 2. The summed E-state index contributed by atoms with van der Waals surface area (Å²) in [5.41, 5.74) is 2.04. The summed E-state index contributed by atoms with van der Waals surface area (Å²) in [7, 11) is 0. The molecule has 7 heteroatoms. The first-order valence-electron chi connectivity index (χ1n) is 9.89. The first kappa shape index (κ1) is 20.0. The van der Waals surface area contributed by atoms with E-state index in [1.165, 1.54) is 12.8 Å². The number of aryl methyl sites for hydroxylation is 2. The number of nitrogens with zero attached hydrogens (tertiary/aromatic N) is 2. The van der Waals surface area contributed by atoms with Crippen molar-refractivity contribution in [2.45, 2.75) is 57.8 Å². The molecule has 3 rings (SSSR count). The van der Waals surface area contributed by atoms with Gasteiger partial charge in [-0.15, -0.1) is 0 Å². The van der Waals surface area contributed by atoms with E-state index < -0.39 is 11.9 Å². The number of hydrogen-bond acceptors (Lipinski definition) is 5. The van der Waals surface area contributed by atoms with Crippen LogP contribution in [0.4, 0.5) is 0 Å². The summed E-state index contributed by atoms with van der Waals surface area (Å²) in [6, 6.07) is 7.75. The highest BCUT2D eigenvalue weighted by molar-refractivity contribution is 5.77. The third-order valence-corrected chi connectivity index (χ3v) is 5.23. The number of benzene rings is 1. The van der Waals surface area contributed by atoms with Gasteiger partial charge in [-0.3, -0.25) is 9.59 Å². The molecular formula is C21H27N3O4. The van der Waals surface area contributed by atoms with Crippen molar-refractivity contribution in [3.8, 4) is 0 Å². The van der Waals surface area contributed by atoms with Gasteiger partial charge >= 0.3 is 5.97 Å². The van der Waals surface area contributed by atoms with Crippen molar-refractivity contribution in [2.75, 3.05) is 6.54 Å². The highest BCUT2D eigenvalue weighted by atomic mass is 16.5. The van der Waals surface area contributed by atoms with E-state index in [1.807, 2.05) is 31.2 Å². The van der Waals surface area contributed by atoms with Gasteiger partial charge in [0.1, 0.15) is 0 Å². The molecule has 1 heterocycles. The highest BCUT2D eigenvalue weighted by Crippen LogP contribution is 2.32. The molecule has 0 radical (unpaired) electrons. The molecule has 0 bridgehead atoms. The van der Waals surface area contributed by atoms with Crippen LogP contribution in [0.25, 0.3) is 0 Å². The third kappa shape index (κ3) is 5.65. The number of hydrogen-bond donors (Lipinski definition) is 2. The molecule has 0 aliphatic heterocycles. The minimum Gasteiger partial charge on any atom is -0.481 e. The van der Waals surface area contributed by atoms with E-state index in [4.69, 9.17) is 4.52 Å². The molecule has 1 aliphatic carbocycles. The van der Waals surface area contributed by atoms with Gasteiger partial charge in [0.05, 0.1) is 5.92 Å². The van der Waals surface area contributed by atoms with Crippen LogP contribution in [0.1, 0.15) is 60.9 Å². The quantitative estimate of drug-likeness (QED) is 0.687. The zero-order valence-corrected chi connectivity index (χ0v) is 16.2. The molecule has 2 N–H and O–H groups in total. The Kier molecular flexibility index (Phi) is 6.79. The highest BCUT2D eigenvalue weighted by Gasteiger charge is 2.23. The summed E-state index contributed by atoms with van der Waals surface area (Å²) in [5, 5.41) is 16.2. The van der Waals surface area contributed by atoms with Crippen molar-refractivity contribution >= 4 is 11.9 Å². The van der Waals surface area contributed by atoms with Crippen molar-refractivity contribution in [2.24, 2.45) is 5.92 Å². The van der Waals surface area contributed by atoms with Gasteiger partial charge in [0.15, 0.2) is 5.82 Å². The van der Waals surface area contributed by atoms with Gasteiger partial charge in [-0.2, -0.15) is 4.98 Å². The summed E-state index contributed by atoms with van der Waals surface area (Å²) in [4.78, 5) is 28.0. The van der Waals surface area contributed by atoms with Crippen LogP contribution in [0.5, 0.6) is 0 Å². The Morgan fingerprint density at radius 1 is 1.32 bits per heavy atom. The molecule has 1 aromatic heterocycles. The fourth-order valence-electron chi connectivity index (χ4n) is 3.64. The van der Waals surface area contributed by atoms with Crippen molar-refractivity contribution in [3.05, 3.63) is 47.1 Å². The lowest BCUT2D eigenvalue weighted by Crippen LogP contribution is -2.34. The maximum Gasteiger partial charge on any atom is 0.308 e. The van der Waals surface area contributed by atoms with Crippen LogP contribution in [0.3, 0.4) is 0 Å². The fourth-order valence-corrected chi connectivity index (χ4v) is 3.64. The summed E-state index contributed by atoms with van der Waals surface area (Å²) in [6.45, 7) is 2.07. The van der Waals surface area contributed by atoms with Crippen molar-refractivity contribution in [1.82, 2.24) is 15.5 Å². The lowest BCUT2D eigenvalue weighted by molar-refractivity contribution is -0.141. The molecule has 1 fully saturated rings. The Bertz CT molecular complexity index is 811. The largest absolute Gasteiger partial charge is 0.481 e. The number of nitrogens with one attached hydrogen (secondary N) is 1. The molecule has 0 spiro atoms. The normalized spacial score (nSPS) is 15.5. The maximum absolute atomic E-state index is 12.1. The predicted octanol–water partition coefficient (Wildman–Crippen LogP) is 3.03. The van der Waals surface area contributed by atoms with Crippen LogP contribution in [-0.4, -0.2) is 33.7 Å². The smallest absolute Gasteiger partial charge is 0.308 e. The average molecular weight is 385 g/mol. The molecule has 0 saturated heterocycles. The van der Waals surface area contributed by atoms with E-state index >= 15 is 0 Å². The monoisotopic (exact) mass is 385 g/mol. The Morgan fingerprint density at radius 3 is 2.82 bits per heavy atom. The van der Waals surface area contributed by atoms with Crippen LogP contribution in [0.15, 0.2) is 28.8 Å². The number of rotatable bonds is 9. The molecule has 1 aromatic carbocycles. The van der Waals surface area contributed by atoms with Gasteiger partial charge in [0.2, 0.25) is 11.8 Å². The molecule has 150 valence electrons. The minimum absolute atomic E-state index is 0.0965. The number of aliphatic carboxylic acids is 1. The van der Waals surface area contributed by atoms with Crippen molar-refractivity contribution < 1.29 is 19.2 Å². The van der Waals surface area contributed by atoms with Crippen LogP contribution < -0.4 is 5.32 Å². The van der Waals surface area contributed by atoms with Gasteiger partial charge in [0.25, 0.3) is 0 Å². The Balaban J connectivity index is 1.45. The SMILES string of the molecule is Cc1cccc(CC(CNC(=O)CCc2nc(C3CCCC3)no2)C(=O)O)c1. The van der Waals surface area contributed by atoms with Crippen LogP contribution in [0, 0.1) is 12.8 Å². The third-order valence-electron chi connectivity index (χ3n) is 5.23. The molecule has 1 unspecified atom stereocenters. The number of carbonyl (C=O) groups is 2. The molecule has 1 amide bonds. The number of carbonyl (C=O) groups excluding carboxylic acids is 1. The first-order valence-corrected chi connectivity index (χ1v) is 9.89. The van der Waals surface area contributed by atoms with Crippen molar-refractivity contribution in [1.29, 1.82) is 0 Å². The van der Waals surface area contributed by atoms with E-state index in [0.717, 1.165) is 29.8 Å². The molecule has 2 aromatic rings. The molecule has 1 aliphatic rings. The number of amides is 1. The number of carboxylic acids is 1. The second-order valence-electron chi connectivity index (χ2n) is 7.56. The van der Waals surface area contributed by atoms with Crippen LogP contribution >= 0.6 is 0 Å². The van der Waals surface area contributed by atoms with Crippen LogP contribution in [0.2, 0.25) is 0 Å².